The molecule has 2 atom stereocenters. The number of rotatable bonds is 5. The molecule has 2 aromatic rings. The van der Waals surface area contributed by atoms with Gasteiger partial charge in [0.25, 0.3) is 0 Å². The third-order valence-electron chi connectivity index (χ3n) is 5.45. The molecule has 3 rings (SSSR count). The molecule has 0 unspecified atom stereocenters. The smallest absolute Gasteiger partial charge is 0.224 e. The van der Waals surface area contributed by atoms with Crippen LogP contribution in [0.25, 0.3) is 0 Å². The maximum atomic E-state index is 13.1. The Hall–Kier alpha value is -2.20. The molecular weight excluding hydrogens is 339 g/mol. The third-order valence-corrected chi connectivity index (χ3v) is 5.45. The van der Waals surface area contributed by atoms with E-state index in [2.05, 4.69) is 49.2 Å². The highest BCUT2D eigenvalue weighted by Crippen LogP contribution is 2.22. The summed E-state index contributed by atoms with van der Waals surface area (Å²) >= 11 is 0. The lowest BCUT2D eigenvalue weighted by molar-refractivity contribution is -0.127. The van der Waals surface area contributed by atoms with Gasteiger partial charge in [0.1, 0.15) is 5.82 Å². The van der Waals surface area contributed by atoms with Gasteiger partial charge >= 0.3 is 0 Å². The number of nitrogens with zero attached hydrogens (tertiary/aromatic N) is 1. The monoisotopic (exact) mass is 368 g/mol. The minimum atomic E-state index is -0.213. The molecule has 144 valence electrons. The van der Waals surface area contributed by atoms with Crippen LogP contribution in [0.3, 0.4) is 0 Å². The van der Waals surface area contributed by atoms with Crippen molar-refractivity contribution >= 4 is 5.91 Å². The van der Waals surface area contributed by atoms with Crippen LogP contribution in [0.15, 0.2) is 42.5 Å². The van der Waals surface area contributed by atoms with Gasteiger partial charge in [-0.05, 0) is 69.0 Å². The van der Waals surface area contributed by atoms with Crippen LogP contribution in [0.4, 0.5) is 4.39 Å². The maximum Gasteiger partial charge on any atom is 0.224 e. The Morgan fingerprint density at radius 1 is 1.22 bits per heavy atom. The van der Waals surface area contributed by atoms with Gasteiger partial charge in [-0.15, -0.1) is 0 Å². The molecule has 1 aliphatic rings. The first-order valence-electron chi connectivity index (χ1n) is 9.76. The van der Waals surface area contributed by atoms with Crippen molar-refractivity contribution in [2.75, 3.05) is 13.1 Å². The molecule has 0 aromatic heterocycles. The maximum absolute atomic E-state index is 13.1. The number of hydrogen-bond donors (Lipinski definition) is 1. The number of amides is 1. The third kappa shape index (κ3) is 5.16. The molecular formula is C23H29FN2O. The first-order valence-corrected chi connectivity index (χ1v) is 9.76. The van der Waals surface area contributed by atoms with E-state index >= 15 is 0 Å². The number of likely N-dealkylation sites (tertiary alicyclic amines) is 1. The van der Waals surface area contributed by atoms with E-state index in [9.17, 15) is 9.18 Å². The van der Waals surface area contributed by atoms with Gasteiger partial charge in [0.2, 0.25) is 5.91 Å². The van der Waals surface area contributed by atoms with Gasteiger partial charge in [0, 0.05) is 13.1 Å². The van der Waals surface area contributed by atoms with Crippen molar-refractivity contribution in [3.63, 3.8) is 0 Å². The van der Waals surface area contributed by atoms with Crippen LogP contribution >= 0.6 is 0 Å². The number of piperidine rings is 1. The predicted molar refractivity (Wildman–Crippen MR) is 107 cm³/mol. The van der Waals surface area contributed by atoms with Gasteiger partial charge in [-0.1, -0.05) is 35.9 Å². The Morgan fingerprint density at radius 3 is 2.67 bits per heavy atom. The zero-order valence-electron chi connectivity index (χ0n) is 16.5. The van der Waals surface area contributed by atoms with Crippen molar-refractivity contribution in [2.24, 2.45) is 5.92 Å². The lowest BCUT2D eigenvalue weighted by Gasteiger charge is -2.32. The summed E-state index contributed by atoms with van der Waals surface area (Å²) in [4.78, 5) is 15.1. The van der Waals surface area contributed by atoms with Crippen molar-refractivity contribution in [1.29, 1.82) is 0 Å². The summed E-state index contributed by atoms with van der Waals surface area (Å²) in [6.07, 6.45) is 1.93. The van der Waals surface area contributed by atoms with E-state index in [1.165, 1.54) is 28.8 Å². The van der Waals surface area contributed by atoms with Crippen molar-refractivity contribution in [1.82, 2.24) is 10.2 Å². The molecule has 0 bridgehead atoms. The van der Waals surface area contributed by atoms with Gasteiger partial charge < -0.3 is 5.32 Å². The van der Waals surface area contributed by atoms with Gasteiger partial charge in [-0.25, -0.2) is 4.39 Å². The molecule has 1 saturated heterocycles. The Balaban J connectivity index is 1.58. The fraction of sp³-hybridized carbons (Fsp3) is 0.435. The second-order valence-corrected chi connectivity index (χ2v) is 7.79. The van der Waals surface area contributed by atoms with Crippen LogP contribution < -0.4 is 5.32 Å². The minimum Gasteiger partial charge on any atom is -0.349 e. The average Bonchev–Trinajstić information content (AvgIpc) is 2.63. The normalized spacial score (nSPS) is 18.9. The zero-order chi connectivity index (χ0) is 19.4. The standard InChI is InChI=1S/C23H29FN2O/c1-16-6-11-22(17(2)13-16)18(3)25-23(27)20-5-4-12-26(15-20)14-19-7-9-21(24)10-8-19/h6-11,13,18,20H,4-5,12,14-15H2,1-3H3,(H,25,27)/t18-,20-/m1/s1. The second-order valence-electron chi connectivity index (χ2n) is 7.79. The summed E-state index contributed by atoms with van der Waals surface area (Å²) in [7, 11) is 0. The minimum absolute atomic E-state index is 0.00516. The van der Waals surface area contributed by atoms with Crippen LogP contribution in [0.1, 0.15) is 48.1 Å². The molecule has 1 N–H and O–H groups in total. The van der Waals surface area contributed by atoms with Crippen molar-refractivity contribution in [3.8, 4) is 0 Å². The molecule has 1 heterocycles. The van der Waals surface area contributed by atoms with Crippen LogP contribution in [0.2, 0.25) is 0 Å². The summed E-state index contributed by atoms with van der Waals surface area (Å²) in [6.45, 7) is 8.72. The Morgan fingerprint density at radius 2 is 1.96 bits per heavy atom. The lowest BCUT2D eigenvalue weighted by Crippen LogP contribution is -2.43. The number of nitrogens with one attached hydrogen (secondary N) is 1. The first kappa shape index (κ1) is 19.6. The molecule has 0 aliphatic carbocycles. The quantitative estimate of drug-likeness (QED) is 0.841. The zero-order valence-corrected chi connectivity index (χ0v) is 16.5. The summed E-state index contributed by atoms with van der Waals surface area (Å²) in [5.41, 5.74) is 4.71. The Bertz CT molecular complexity index is 787. The van der Waals surface area contributed by atoms with E-state index in [1.54, 1.807) is 0 Å². The molecule has 3 nitrogen and oxygen atoms in total. The van der Waals surface area contributed by atoms with Crippen LogP contribution in [-0.4, -0.2) is 23.9 Å². The van der Waals surface area contributed by atoms with E-state index < -0.39 is 0 Å². The molecule has 2 aromatic carbocycles. The number of hydrogen-bond acceptors (Lipinski definition) is 2. The van der Waals surface area contributed by atoms with Crippen molar-refractivity contribution in [2.45, 2.75) is 46.2 Å². The fourth-order valence-corrected chi connectivity index (χ4v) is 3.98. The van der Waals surface area contributed by atoms with E-state index in [4.69, 9.17) is 0 Å². The Kier molecular flexibility index (Phi) is 6.27. The predicted octanol–water partition coefficient (Wildman–Crippen LogP) is 4.53. The van der Waals surface area contributed by atoms with Crippen LogP contribution in [0, 0.1) is 25.6 Å². The highest BCUT2D eigenvalue weighted by atomic mass is 19.1. The molecule has 27 heavy (non-hydrogen) atoms. The van der Waals surface area contributed by atoms with E-state index in [-0.39, 0.29) is 23.7 Å². The lowest BCUT2D eigenvalue weighted by atomic mass is 9.95. The highest BCUT2D eigenvalue weighted by Gasteiger charge is 2.27. The molecule has 0 saturated carbocycles. The summed E-state index contributed by atoms with van der Waals surface area (Å²) in [5, 5.41) is 3.20. The largest absolute Gasteiger partial charge is 0.349 e. The topological polar surface area (TPSA) is 32.3 Å². The number of benzene rings is 2. The van der Waals surface area contributed by atoms with E-state index in [0.717, 1.165) is 38.0 Å². The number of aryl methyl sites for hydroxylation is 2. The summed E-state index contributed by atoms with van der Waals surface area (Å²) < 4.78 is 13.1. The van der Waals surface area contributed by atoms with Crippen LogP contribution in [-0.2, 0) is 11.3 Å². The van der Waals surface area contributed by atoms with Gasteiger partial charge in [-0.3, -0.25) is 9.69 Å². The second kappa shape index (κ2) is 8.66. The van der Waals surface area contributed by atoms with E-state index in [1.807, 2.05) is 12.1 Å². The van der Waals surface area contributed by atoms with Crippen LogP contribution in [0.5, 0.6) is 0 Å². The van der Waals surface area contributed by atoms with Gasteiger partial charge in [0.05, 0.1) is 12.0 Å². The summed E-state index contributed by atoms with van der Waals surface area (Å²) in [6, 6.07) is 13.0. The SMILES string of the molecule is Cc1ccc([C@@H](C)NC(=O)[C@@H]2CCCN(Cc3ccc(F)cc3)C2)c(C)c1. The van der Waals surface area contributed by atoms with E-state index in [0.29, 0.717) is 0 Å². The average molecular weight is 368 g/mol. The van der Waals surface area contributed by atoms with Gasteiger partial charge in [0.15, 0.2) is 0 Å². The molecule has 0 spiro atoms. The van der Waals surface area contributed by atoms with Crippen molar-refractivity contribution < 1.29 is 9.18 Å². The molecule has 1 amide bonds. The number of carbonyl (C=O) groups is 1. The molecule has 0 radical (unpaired) electrons. The van der Waals surface area contributed by atoms with Gasteiger partial charge in [-0.2, -0.15) is 0 Å². The first-order chi connectivity index (χ1) is 12.9. The van der Waals surface area contributed by atoms with Crippen molar-refractivity contribution in [3.05, 3.63) is 70.5 Å². The Labute approximate surface area is 161 Å². The summed E-state index contributed by atoms with van der Waals surface area (Å²) in [5.74, 6) is -0.0753. The fourth-order valence-electron chi connectivity index (χ4n) is 3.98. The molecule has 4 heteroatoms. The molecule has 1 fully saturated rings. The number of halogens is 1. The number of carbonyl (C=O) groups excluding carboxylic acids is 1. The highest BCUT2D eigenvalue weighted by molar-refractivity contribution is 5.79. The molecule has 1 aliphatic heterocycles.